The zero-order chi connectivity index (χ0) is 12.6. The SMILES string of the molecule is CC1(C)CNCC(c2nc3ccccc3s2)OC1. The molecular formula is C14H18N2OS. The van der Waals surface area contributed by atoms with E-state index in [4.69, 9.17) is 4.74 Å². The number of benzene rings is 1. The maximum Gasteiger partial charge on any atom is 0.124 e. The summed E-state index contributed by atoms with van der Waals surface area (Å²) in [4.78, 5) is 4.68. The summed E-state index contributed by atoms with van der Waals surface area (Å²) in [5, 5.41) is 4.56. The minimum atomic E-state index is 0.0872. The summed E-state index contributed by atoms with van der Waals surface area (Å²) in [6.45, 7) is 7.07. The number of ether oxygens (including phenoxy) is 1. The molecule has 1 aromatic heterocycles. The molecule has 0 amide bonds. The van der Waals surface area contributed by atoms with Crippen LogP contribution in [0, 0.1) is 5.41 Å². The van der Waals surface area contributed by atoms with Gasteiger partial charge in [-0.3, -0.25) is 0 Å². The summed E-state index contributed by atoms with van der Waals surface area (Å²) in [7, 11) is 0. The monoisotopic (exact) mass is 262 g/mol. The first-order chi connectivity index (χ1) is 8.64. The van der Waals surface area contributed by atoms with Crippen molar-refractivity contribution in [3.63, 3.8) is 0 Å². The Morgan fingerprint density at radius 1 is 1.39 bits per heavy atom. The van der Waals surface area contributed by atoms with Gasteiger partial charge < -0.3 is 10.1 Å². The van der Waals surface area contributed by atoms with Crippen LogP contribution >= 0.6 is 11.3 Å². The molecule has 3 nitrogen and oxygen atoms in total. The van der Waals surface area contributed by atoms with E-state index in [0.717, 1.165) is 30.2 Å². The predicted octanol–water partition coefficient (Wildman–Crippen LogP) is 2.98. The van der Waals surface area contributed by atoms with Crippen LogP contribution in [0.15, 0.2) is 24.3 Å². The molecule has 0 radical (unpaired) electrons. The Balaban J connectivity index is 1.85. The standard InChI is InChI=1S/C14H18N2OS/c1-14(2)8-15-7-11(17-9-14)13-16-10-5-3-4-6-12(10)18-13/h3-6,11,15H,7-9H2,1-2H3. The predicted molar refractivity (Wildman–Crippen MR) is 75.0 cm³/mol. The van der Waals surface area contributed by atoms with Gasteiger partial charge in [0.05, 0.1) is 16.8 Å². The van der Waals surface area contributed by atoms with Gasteiger partial charge in [0.25, 0.3) is 0 Å². The molecular weight excluding hydrogens is 244 g/mol. The van der Waals surface area contributed by atoms with Crippen molar-refractivity contribution in [1.82, 2.24) is 10.3 Å². The number of para-hydroxylation sites is 1. The zero-order valence-electron chi connectivity index (χ0n) is 10.8. The van der Waals surface area contributed by atoms with Gasteiger partial charge >= 0.3 is 0 Å². The Bertz CT molecular complexity index is 516. The Hall–Kier alpha value is -0.970. The fourth-order valence-electron chi connectivity index (χ4n) is 2.16. The molecule has 4 heteroatoms. The van der Waals surface area contributed by atoms with E-state index in [2.05, 4.69) is 42.3 Å². The fraction of sp³-hybridized carbons (Fsp3) is 0.500. The number of nitrogens with zero attached hydrogens (tertiary/aromatic N) is 1. The van der Waals surface area contributed by atoms with E-state index in [-0.39, 0.29) is 11.5 Å². The third-order valence-corrected chi connectivity index (χ3v) is 4.32. The second-order valence-corrected chi connectivity index (χ2v) is 6.68. The van der Waals surface area contributed by atoms with E-state index in [1.54, 1.807) is 11.3 Å². The topological polar surface area (TPSA) is 34.2 Å². The van der Waals surface area contributed by atoms with Crippen molar-refractivity contribution >= 4 is 21.6 Å². The van der Waals surface area contributed by atoms with Crippen molar-refractivity contribution in [2.24, 2.45) is 5.41 Å². The molecule has 1 N–H and O–H groups in total. The number of fused-ring (bicyclic) bond motifs is 1. The maximum atomic E-state index is 6.02. The Labute approximate surface area is 111 Å². The lowest BCUT2D eigenvalue weighted by Crippen LogP contribution is -2.29. The summed E-state index contributed by atoms with van der Waals surface area (Å²) < 4.78 is 7.25. The molecule has 3 rings (SSSR count). The number of nitrogens with one attached hydrogen (secondary N) is 1. The zero-order valence-corrected chi connectivity index (χ0v) is 11.6. The highest BCUT2D eigenvalue weighted by molar-refractivity contribution is 7.18. The second kappa shape index (κ2) is 4.61. The van der Waals surface area contributed by atoms with Crippen LogP contribution in [0.25, 0.3) is 10.2 Å². The van der Waals surface area contributed by atoms with Crippen LogP contribution in [0.3, 0.4) is 0 Å². The molecule has 0 aliphatic carbocycles. The van der Waals surface area contributed by atoms with Gasteiger partial charge in [-0.2, -0.15) is 0 Å². The molecule has 18 heavy (non-hydrogen) atoms. The van der Waals surface area contributed by atoms with Crippen molar-refractivity contribution in [3.8, 4) is 0 Å². The lowest BCUT2D eigenvalue weighted by molar-refractivity contribution is 0.0260. The number of hydrogen-bond donors (Lipinski definition) is 1. The van der Waals surface area contributed by atoms with Crippen molar-refractivity contribution < 1.29 is 4.74 Å². The van der Waals surface area contributed by atoms with E-state index in [9.17, 15) is 0 Å². The van der Waals surface area contributed by atoms with Crippen LogP contribution in [0.1, 0.15) is 25.0 Å². The highest BCUT2D eigenvalue weighted by Crippen LogP contribution is 2.30. The minimum Gasteiger partial charge on any atom is -0.369 e. The van der Waals surface area contributed by atoms with Crippen molar-refractivity contribution in [1.29, 1.82) is 0 Å². The highest BCUT2D eigenvalue weighted by Gasteiger charge is 2.27. The van der Waals surface area contributed by atoms with Gasteiger partial charge in [-0.05, 0) is 12.1 Å². The van der Waals surface area contributed by atoms with Crippen molar-refractivity contribution in [3.05, 3.63) is 29.3 Å². The minimum absolute atomic E-state index is 0.0872. The van der Waals surface area contributed by atoms with Gasteiger partial charge in [-0.1, -0.05) is 26.0 Å². The highest BCUT2D eigenvalue weighted by atomic mass is 32.1. The molecule has 1 aliphatic heterocycles. The quantitative estimate of drug-likeness (QED) is 0.858. The lowest BCUT2D eigenvalue weighted by atomic mass is 9.95. The van der Waals surface area contributed by atoms with Crippen LogP contribution in [-0.2, 0) is 4.74 Å². The van der Waals surface area contributed by atoms with Gasteiger partial charge in [0, 0.05) is 18.5 Å². The Morgan fingerprint density at radius 2 is 2.22 bits per heavy atom. The summed E-state index contributed by atoms with van der Waals surface area (Å²) >= 11 is 1.74. The molecule has 2 aromatic rings. The van der Waals surface area contributed by atoms with Gasteiger partial charge in [0.2, 0.25) is 0 Å². The van der Waals surface area contributed by atoms with Crippen molar-refractivity contribution in [2.45, 2.75) is 20.0 Å². The summed E-state index contributed by atoms with van der Waals surface area (Å²) in [5.74, 6) is 0. The Morgan fingerprint density at radius 3 is 3.06 bits per heavy atom. The normalized spacial score (nSPS) is 24.0. The molecule has 1 aromatic carbocycles. The summed E-state index contributed by atoms with van der Waals surface area (Å²) in [6.07, 6.45) is 0.0872. The smallest absolute Gasteiger partial charge is 0.124 e. The number of hydrogen-bond acceptors (Lipinski definition) is 4. The van der Waals surface area contributed by atoms with Gasteiger partial charge in [0.15, 0.2) is 0 Å². The van der Waals surface area contributed by atoms with Crippen LogP contribution < -0.4 is 5.32 Å². The summed E-state index contributed by atoms with van der Waals surface area (Å²) in [6, 6.07) is 8.26. The first kappa shape index (κ1) is 12.1. The van der Waals surface area contributed by atoms with Gasteiger partial charge in [-0.15, -0.1) is 11.3 Å². The number of rotatable bonds is 1. The first-order valence-electron chi connectivity index (χ1n) is 6.32. The molecule has 1 saturated heterocycles. The first-order valence-corrected chi connectivity index (χ1v) is 7.13. The van der Waals surface area contributed by atoms with E-state index < -0.39 is 0 Å². The van der Waals surface area contributed by atoms with Crippen molar-refractivity contribution in [2.75, 3.05) is 19.7 Å². The molecule has 1 aliphatic rings. The third-order valence-electron chi connectivity index (χ3n) is 3.19. The third kappa shape index (κ3) is 2.41. The maximum absolute atomic E-state index is 6.02. The Kier molecular flexibility index (Phi) is 3.09. The van der Waals surface area contributed by atoms with Crippen LogP contribution in [0.2, 0.25) is 0 Å². The molecule has 0 spiro atoms. The number of aromatic nitrogens is 1. The second-order valence-electron chi connectivity index (χ2n) is 5.61. The average Bonchev–Trinajstić information content (AvgIpc) is 2.68. The van der Waals surface area contributed by atoms with Gasteiger partial charge in [-0.25, -0.2) is 4.98 Å². The van der Waals surface area contributed by atoms with Crippen LogP contribution in [-0.4, -0.2) is 24.7 Å². The van der Waals surface area contributed by atoms with Gasteiger partial charge in [0.1, 0.15) is 11.1 Å². The molecule has 1 fully saturated rings. The van der Waals surface area contributed by atoms with Crippen LogP contribution in [0.5, 0.6) is 0 Å². The van der Waals surface area contributed by atoms with E-state index in [1.807, 2.05) is 6.07 Å². The molecule has 0 bridgehead atoms. The van der Waals surface area contributed by atoms with E-state index in [1.165, 1.54) is 4.70 Å². The van der Waals surface area contributed by atoms with Crippen LogP contribution in [0.4, 0.5) is 0 Å². The molecule has 1 unspecified atom stereocenters. The van der Waals surface area contributed by atoms with E-state index in [0.29, 0.717) is 0 Å². The summed E-state index contributed by atoms with van der Waals surface area (Å²) in [5.41, 5.74) is 1.27. The largest absolute Gasteiger partial charge is 0.369 e. The fourth-order valence-corrected chi connectivity index (χ4v) is 3.18. The van der Waals surface area contributed by atoms with E-state index >= 15 is 0 Å². The number of thiazole rings is 1. The average molecular weight is 262 g/mol. The molecule has 2 heterocycles. The molecule has 96 valence electrons. The molecule has 1 atom stereocenters. The molecule has 0 saturated carbocycles. The lowest BCUT2D eigenvalue weighted by Gasteiger charge is -2.21.